The van der Waals surface area contributed by atoms with Crippen molar-refractivity contribution < 1.29 is 4.74 Å². The van der Waals surface area contributed by atoms with Gasteiger partial charge < -0.3 is 10.5 Å². The first kappa shape index (κ1) is 10.8. The zero-order chi connectivity index (χ0) is 10.6. The smallest absolute Gasteiger partial charge is 0.221 e. The van der Waals surface area contributed by atoms with Crippen molar-refractivity contribution in [1.29, 1.82) is 0 Å². The van der Waals surface area contributed by atoms with Gasteiger partial charge in [0.1, 0.15) is 11.6 Å². The summed E-state index contributed by atoms with van der Waals surface area (Å²) < 4.78 is 5.37. The summed E-state index contributed by atoms with van der Waals surface area (Å²) in [7, 11) is 0. The molecule has 0 saturated carbocycles. The summed E-state index contributed by atoms with van der Waals surface area (Å²) in [6, 6.07) is 0. The number of nitrogen functional groups attached to an aromatic ring is 1. The topological polar surface area (TPSA) is 61.0 Å². The third-order valence-corrected chi connectivity index (χ3v) is 1.94. The van der Waals surface area contributed by atoms with Gasteiger partial charge in [-0.25, -0.2) is 4.98 Å². The SMILES string of the molecule is CCCc1nc(N)c(C)c(OCC)n1. The maximum absolute atomic E-state index is 5.75. The quantitative estimate of drug-likeness (QED) is 0.794. The number of hydrogen-bond acceptors (Lipinski definition) is 4. The first-order valence-electron chi connectivity index (χ1n) is 4.94. The molecular weight excluding hydrogens is 178 g/mol. The summed E-state index contributed by atoms with van der Waals surface area (Å²) in [6.45, 7) is 6.48. The van der Waals surface area contributed by atoms with Crippen LogP contribution in [0.3, 0.4) is 0 Å². The second kappa shape index (κ2) is 4.79. The van der Waals surface area contributed by atoms with Crippen LogP contribution < -0.4 is 10.5 Å². The Morgan fingerprint density at radius 3 is 2.57 bits per heavy atom. The normalized spacial score (nSPS) is 10.2. The van der Waals surface area contributed by atoms with E-state index < -0.39 is 0 Å². The average Bonchev–Trinajstić information content (AvgIpc) is 2.14. The molecule has 4 heteroatoms. The minimum absolute atomic E-state index is 0.520. The van der Waals surface area contributed by atoms with E-state index in [9.17, 15) is 0 Å². The van der Waals surface area contributed by atoms with E-state index in [1.165, 1.54) is 0 Å². The molecule has 1 aromatic rings. The molecule has 0 saturated heterocycles. The molecule has 0 aromatic carbocycles. The Morgan fingerprint density at radius 2 is 2.00 bits per heavy atom. The molecule has 4 nitrogen and oxygen atoms in total. The van der Waals surface area contributed by atoms with Crippen molar-refractivity contribution >= 4 is 5.82 Å². The highest BCUT2D eigenvalue weighted by Crippen LogP contribution is 2.19. The molecule has 1 heterocycles. The largest absolute Gasteiger partial charge is 0.478 e. The lowest BCUT2D eigenvalue weighted by Gasteiger charge is -2.09. The summed E-state index contributed by atoms with van der Waals surface area (Å²) >= 11 is 0. The molecule has 0 radical (unpaired) electrons. The van der Waals surface area contributed by atoms with Crippen LogP contribution in [-0.2, 0) is 6.42 Å². The van der Waals surface area contributed by atoms with Crippen LogP contribution in [-0.4, -0.2) is 16.6 Å². The van der Waals surface area contributed by atoms with Gasteiger partial charge in [0, 0.05) is 6.42 Å². The predicted molar refractivity (Wildman–Crippen MR) is 56.3 cm³/mol. The summed E-state index contributed by atoms with van der Waals surface area (Å²) in [5.74, 6) is 1.90. The summed E-state index contributed by atoms with van der Waals surface area (Å²) in [5, 5.41) is 0. The number of rotatable bonds is 4. The van der Waals surface area contributed by atoms with Crippen LogP contribution in [0.2, 0.25) is 0 Å². The Bertz CT molecular complexity index is 312. The zero-order valence-electron chi connectivity index (χ0n) is 9.00. The monoisotopic (exact) mass is 195 g/mol. The lowest BCUT2D eigenvalue weighted by molar-refractivity contribution is 0.322. The molecule has 2 N–H and O–H groups in total. The van der Waals surface area contributed by atoms with Gasteiger partial charge in [0.15, 0.2) is 0 Å². The number of anilines is 1. The highest BCUT2D eigenvalue weighted by molar-refractivity contribution is 5.44. The fraction of sp³-hybridized carbons (Fsp3) is 0.600. The molecule has 0 unspecified atom stereocenters. The third kappa shape index (κ3) is 2.34. The number of nitrogens with zero attached hydrogens (tertiary/aromatic N) is 2. The molecule has 0 spiro atoms. The van der Waals surface area contributed by atoms with Gasteiger partial charge in [-0.15, -0.1) is 0 Å². The average molecular weight is 195 g/mol. The Kier molecular flexibility index (Phi) is 3.68. The van der Waals surface area contributed by atoms with E-state index in [0.717, 1.165) is 24.2 Å². The van der Waals surface area contributed by atoms with E-state index in [0.29, 0.717) is 18.3 Å². The van der Waals surface area contributed by atoms with Crippen molar-refractivity contribution in [3.8, 4) is 5.88 Å². The number of ether oxygens (including phenoxy) is 1. The van der Waals surface area contributed by atoms with Crippen molar-refractivity contribution in [2.75, 3.05) is 12.3 Å². The van der Waals surface area contributed by atoms with Gasteiger partial charge in [-0.05, 0) is 20.3 Å². The van der Waals surface area contributed by atoms with Gasteiger partial charge in [-0.1, -0.05) is 6.92 Å². The van der Waals surface area contributed by atoms with E-state index in [1.807, 2.05) is 13.8 Å². The fourth-order valence-corrected chi connectivity index (χ4v) is 1.17. The lowest BCUT2D eigenvalue weighted by Crippen LogP contribution is -2.06. The first-order valence-corrected chi connectivity index (χ1v) is 4.94. The second-order valence-corrected chi connectivity index (χ2v) is 3.14. The number of aryl methyl sites for hydroxylation is 1. The van der Waals surface area contributed by atoms with E-state index in [4.69, 9.17) is 10.5 Å². The van der Waals surface area contributed by atoms with Crippen LogP contribution in [0.1, 0.15) is 31.7 Å². The highest BCUT2D eigenvalue weighted by Gasteiger charge is 2.08. The van der Waals surface area contributed by atoms with Crippen LogP contribution >= 0.6 is 0 Å². The van der Waals surface area contributed by atoms with E-state index in [-0.39, 0.29) is 0 Å². The number of hydrogen-bond donors (Lipinski definition) is 1. The van der Waals surface area contributed by atoms with Crippen molar-refractivity contribution in [1.82, 2.24) is 9.97 Å². The highest BCUT2D eigenvalue weighted by atomic mass is 16.5. The molecular formula is C10H17N3O. The van der Waals surface area contributed by atoms with Gasteiger partial charge in [-0.2, -0.15) is 4.98 Å². The minimum Gasteiger partial charge on any atom is -0.478 e. The molecule has 0 atom stereocenters. The van der Waals surface area contributed by atoms with E-state index >= 15 is 0 Å². The van der Waals surface area contributed by atoms with Crippen LogP contribution in [0, 0.1) is 6.92 Å². The third-order valence-electron chi connectivity index (χ3n) is 1.94. The Labute approximate surface area is 84.5 Å². The molecule has 0 aliphatic heterocycles. The van der Waals surface area contributed by atoms with Crippen molar-refractivity contribution in [2.24, 2.45) is 0 Å². The predicted octanol–water partition coefficient (Wildman–Crippen LogP) is 1.72. The van der Waals surface area contributed by atoms with E-state index in [1.54, 1.807) is 0 Å². The van der Waals surface area contributed by atoms with Gasteiger partial charge in [0.25, 0.3) is 0 Å². The van der Waals surface area contributed by atoms with Crippen LogP contribution in [0.15, 0.2) is 0 Å². The Balaban J connectivity index is 3.01. The molecule has 14 heavy (non-hydrogen) atoms. The van der Waals surface area contributed by atoms with Gasteiger partial charge in [-0.3, -0.25) is 0 Å². The zero-order valence-corrected chi connectivity index (χ0v) is 9.00. The summed E-state index contributed by atoms with van der Waals surface area (Å²) in [5.41, 5.74) is 6.58. The summed E-state index contributed by atoms with van der Waals surface area (Å²) in [4.78, 5) is 8.49. The van der Waals surface area contributed by atoms with Gasteiger partial charge >= 0.3 is 0 Å². The van der Waals surface area contributed by atoms with Crippen molar-refractivity contribution in [2.45, 2.75) is 33.6 Å². The molecule has 78 valence electrons. The molecule has 0 aliphatic rings. The molecule has 0 amide bonds. The number of aromatic nitrogens is 2. The van der Waals surface area contributed by atoms with Crippen molar-refractivity contribution in [3.05, 3.63) is 11.4 Å². The number of nitrogens with two attached hydrogens (primary N) is 1. The fourth-order valence-electron chi connectivity index (χ4n) is 1.17. The maximum Gasteiger partial charge on any atom is 0.221 e. The van der Waals surface area contributed by atoms with Crippen LogP contribution in [0.4, 0.5) is 5.82 Å². The second-order valence-electron chi connectivity index (χ2n) is 3.14. The first-order chi connectivity index (χ1) is 6.69. The van der Waals surface area contributed by atoms with Crippen molar-refractivity contribution in [3.63, 3.8) is 0 Å². The Morgan fingerprint density at radius 1 is 1.29 bits per heavy atom. The summed E-state index contributed by atoms with van der Waals surface area (Å²) in [6.07, 6.45) is 1.85. The van der Waals surface area contributed by atoms with Gasteiger partial charge in [0.05, 0.1) is 12.2 Å². The lowest BCUT2D eigenvalue weighted by atomic mass is 10.3. The molecule has 0 fully saturated rings. The van der Waals surface area contributed by atoms with Crippen LogP contribution in [0.5, 0.6) is 5.88 Å². The maximum atomic E-state index is 5.75. The van der Waals surface area contributed by atoms with E-state index in [2.05, 4.69) is 16.9 Å². The molecule has 1 aromatic heterocycles. The van der Waals surface area contributed by atoms with Crippen LogP contribution in [0.25, 0.3) is 0 Å². The Hall–Kier alpha value is -1.32. The molecule has 0 aliphatic carbocycles. The van der Waals surface area contributed by atoms with Gasteiger partial charge in [0.2, 0.25) is 5.88 Å². The minimum atomic E-state index is 0.520. The molecule has 0 bridgehead atoms. The molecule has 1 rings (SSSR count). The standard InChI is InChI=1S/C10H17N3O/c1-4-6-8-12-9(11)7(3)10(13-8)14-5-2/h4-6H2,1-3H3,(H2,11,12,13).